The SMILES string of the molecule is C=CCc1cc2c(CC=C)c(OCC3CO3)ccc2c(CC=C)c1OCC1CO1.CCCCc1cc2c(CCCC)c(OCC3CO3)ccc2c(CCCC)c1OCC1CO1. The van der Waals surface area contributed by atoms with Gasteiger partial charge in [-0.25, -0.2) is 0 Å². The molecule has 0 aliphatic carbocycles. The van der Waals surface area contributed by atoms with E-state index in [4.69, 9.17) is 37.9 Å². The van der Waals surface area contributed by atoms with Crippen LogP contribution in [0.2, 0.25) is 0 Å². The van der Waals surface area contributed by atoms with Crippen LogP contribution in [0, 0.1) is 0 Å². The second-order valence-electron chi connectivity index (χ2n) is 16.8. The van der Waals surface area contributed by atoms with Gasteiger partial charge in [0.15, 0.2) is 0 Å². The molecule has 0 amide bonds. The fourth-order valence-corrected chi connectivity index (χ4v) is 8.04. The molecule has 4 atom stereocenters. The lowest BCUT2D eigenvalue weighted by Crippen LogP contribution is -2.10. The van der Waals surface area contributed by atoms with Crippen molar-refractivity contribution in [3.8, 4) is 23.0 Å². The Morgan fingerprint density at radius 2 is 0.885 bits per heavy atom. The molecule has 4 fully saturated rings. The van der Waals surface area contributed by atoms with Crippen molar-refractivity contribution in [1.29, 1.82) is 0 Å². The summed E-state index contributed by atoms with van der Waals surface area (Å²) >= 11 is 0. The topological polar surface area (TPSA) is 87.0 Å². The first-order valence-electron chi connectivity index (χ1n) is 23.0. The molecule has 4 aromatic rings. The lowest BCUT2D eigenvalue weighted by atomic mass is 9.90. The number of allylic oxidation sites excluding steroid dienone is 3. The van der Waals surface area contributed by atoms with E-state index < -0.39 is 0 Å². The third-order valence-electron chi connectivity index (χ3n) is 11.8. The van der Waals surface area contributed by atoms with Gasteiger partial charge in [0.05, 0.1) is 26.4 Å². The van der Waals surface area contributed by atoms with Gasteiger partial charge in [-0.1, -0.05) is 70.4 Å². The minimum Gasteiger partial charge on any atom is -0.490 e. The van der Waals surface area contributed by atoms with Crippen molar-refractivity contribution in [3.63, 3.8) is 0 Å². The fourth-order valence-electron chi connectivity index (χ4n) is 8.04. The van der Waals surface area contributed by atoms with Crippen molar-refractivity contribution in [2.24, 2.45) is 0 Å². The second kappa shape index (κ2) is 22.1. The van der Waals surface area contributed by atoms with Gasteiger partial charge >= 0.3 is 0 Å². The molecule has 328 valence electrons. The Labute approximate surface area is 364 Å². The van der Waals surface area contributed by atoms with Crippen LogP contribution in [0.15, 0.2) is 74.4 Å². The number of epoxide rings is 4. The Morgan fingerprint density at radius 3 is 1.39 bits per heavy atom. The van der Waals surface area contributed by atoms with E-state index in [1.807, 2.05) is 18.2 Å². The molecule has 4 unspecified atom stereocenters. The van der Waals surface area contributed by atoms with E-state index >= 15 is 0 Å². The molecule has 0 N–H and O–H groups in total. The van der Waals surface area contributed by atoms with Gasteiger partial charge in [0.1, 0.15) is 73.8 Å². The maximum absolute atomic E-state index is 6.46. The summed E-state index contributed by atoms with van der Waals surface area (Å²) in [6.07, 6.45) is 19.1. The molecule has 0 radical (unpaired) electrons. The van der Waals surface area contributed by atoms with Crippen molar-refractivity contribution in [1.82, 2.24) is 0 Å². The zero-order valence-corrected chi connectivity index (χ0v) is 37.0. The molecule has 4 aromatic carbocycles. The summed E-state index contributed by atoms with van der Waals surface area (Å²) in [4.78, 5) is 0. The van der Waals surface area contributed by atoms with E-state index in [0.717, 1.165) is 110 Å². The Bertz CT molecular complexity index is 2110. The van der Waals surface area contributed by atoms with Crippen molar-refractivity contribution < 1.29 is 37.9 Å². The summed E-state index contributed by atoms with van der Waals surface area (Å²) in [7, 11) is 0. The molecule has 4 aliphatic heterocycles. The molecule has 0 bridgehead atoms. The summed E-state index contributed by atoms with van der Waals surface area (Å²) in [6.45, 7) is 24.3. The van der Waals surface area contributed by atoms with E-state index in [9.17, 15) is 0 Å². The van der Waals surface area contributed by atoms with Gasteiger partial charge in [-0.3, -0.25) is 0 Å². The van der Waals surface area contributed by atoms with E-state index in [0.29, 0.717) is 26.4 Å². The molecule has 4 heterocycles. The molecular weight excluding hydrogens is 765 g/mol. The zero-order valence-electron chi connectivity index (χ0n) is 37.0. The third-order valence-corrected chi connectivity index (χ3v) is 11.8. The van der Waals surface area contributed by atoms with Crippen molar-refractivity contribution >= 4 is 21.5 Å². The van der Waals surface area contributed by atoms with Crippen LogP contribution in [0.3, 0.4) is 0 Å². The maximum atomic E-state index is 6.46. The second-order valence-corrected chi connectivity index (χ2v) is 16.8. The molecule has 61 heavy (non-hydrogen) atoms. The number of ether oxygens (including phenoxy) is 8. The summed E-state index contributed by atoms with van der Waals surface area (Å²) in [5.74, 6) is 3.97. The van der Waals surface area contributed by atoms with Crippen LogP contribution in [0.25, 0.3) is 21.5 Å². The van der Waals surface area contributed by atoms with Crippen LogP contribution in [0.4, 0.5) is 0 Å². The van der Waals surface area contributed by atoms with Gasteiger partial charge in [-0.15, -0.1) is 19.7 Å². The Hall–Kier alpha value is -4.34. The lowest BCUT2D eigenvalue weighted by molar-refractivity contribution is 0.259. The molecule has 0 saturated carbocycles. The number of aryl methyl sites for hydroxylation is 3. The van der Waals surface area contributed by atoms with Crippen LogP contribution in [0.5, 0.6) is 23.0 Å². The highest BCUT2D eigenvalue weighted by Crippen LogP contribution is 2.41. The van der Waals surface area contributed by atoms with E-state index in [2.05, 4.69) is 76.9 Å². The largest absolute Gasteiger partial charge is 0.490 e. The Kier molecular flexibility index (Phi) is 16.2. The van der Waals surface area contributed by atoms with Crippen LogP contribution in [-0.2, 0) is 57.5 Å². The van der Waals surface area contributed by atoms with Crippen LogP contribution >= 0.6 is 0 Å². The van der Waals surface area contributed by atoms with Gasteiger partial charge in [-0.2, -0.15) is 0 Å². The standard InChI is InChI=1S/C28H40O4.C25H28O4/c1-4-7-10-20-15-26-23(25(12-9-6-3)28(20)32-19-22-17-30-22)13-14-27(24(26)11-8-5-2)31-18-21-16-29-21;1-4-7-17-12-23-20(22(9-6-3)25(17)29-16-19-14-27-19)10-11-24(21(23)8-5-2)28-15-18-13-26-18/h13-15,21-22H,4-12,16-19H2,1-3H3;4-6,10-12,18-19H,1-3,7-9,13-16H2. The van der Waals surface area contributed by atoms with Gasteiger partial charge in [0.25, 0.3) is 0 Å². The first-order valence-corrected chi connectivity index (χ1v) is 23.0. The quantitative estimate of drug-likeness (QED) is 0.0434. The number of benzene rings is 4. The first kappa shape index (κ1) is 44.7. The smallest absolute Gasteiger partial charge is 0.127 e. The number of unbranched alkanes of at least 4 members (excludes halogenated alkanes) is 3. The predicted octanol–water partition coefficient (Wildman–Crippen LogP) is 11.0. The summed E-state index contributed by atoms with van der Waals surface area (Å²) < 4.78 is 46.5. The number of hydrogen-bond donors (Lipinski definition) is 0. The molecule has 0 spiro atoms. The molecule has 8 rings (SSSR count). The van der Waals surface area contributed by atoms with Crippen LogP contribution in [0.1, 0.15) is 92.7 Å². The predicted molar refractivity (Wildman–Crippen MR) is 246 cm³/mol. The summed E-state index contributed by atoms with van der Waals surface area (Å²) in [5, 5.41) is 5.03. The number of fused-ring (bicyclic) bond motifs is 2. The highest BCUT2D eigenvalue weighted by Gasteiger charge is 2.28. The molecule has 8 heteroatoms. The molecule has 4 aliphatic rings. The van der Waals surface area contributed by atoms with Gasteiger partial charge in [0, 0.05) is 22.3 Å². The minimum absolute atomic E-state index is 0.204. The summed E-state index contributed by atoms with van der Waals surface area (Å²) in [5.41, 5.74) is 7.51. The summed E-state index contributed by atoms with van der Waals surface area (Å²) in [6, 6.07) is 13.3. The zero-order chi connectivity index (χ0) is 42.6. The van der Waals surface area contributed by atoms with E-state index in [-0.39, 0.29) is 24.4 Å². The van der Waals surface area contributed by atoms with Gasteiger partial charge in [-0.05, 0) is 115 Å². The van der Waals surface area contributed by atoms with Gasteiger partial charge < -0.3 is 37.9 Å². The third kappa shape index (κ3) is 12.2. The van der Waals surface area contributed by atoms with Crippen molar-refractivity contribution in [2.45, 2.75) is 122 Å². The monoisotopic (exact) mass is 832 g/mol. The van der Waals surface area contributed by atoms with E-state index in [1.165, 1.54) is 71.4 Å². The lowest BCUT2D eigenvalue weighted by Gasteiger charge is -2.21. The van der Waals surface area contributed by atoms with Crippen LogP contribution < -0.4 is 18.9 Å². The Morgan fingerprint density at radius 1 is 0.475 bits per heavy atom. The normalized spacial score (nSPS) is 19.5. The average molecular weight is 833 g/mol. The Balaban J connectivity index is 0.000000185. The maximum Gasteiger partial charge on any atom is 0.127 e. The molecular formula is C53H68O8. The fraction of sp³-hybridized carbons (Fsp3) is 0.509. The molecule has 0 aromatic heterocycles. The van der Waals surface area contributed by atoms with E-state index in [1.54, 1.807) is 0 Å². The number of rotatable bonds is 27. The highest BCUT2D eigenvalue weighted by molar-refractivity contribution is 5.94. The molecule has 4 saturated heterocycles. The minimum atomic E-state index is 0.204. The van der Waals surface area contributed by atoms with Crippen molar-refractivity contribution in [3.05, 3.63) is 108 Å². The van der Waals surface area contributed by atoms with Gasteiger partial charge in [0.2, 0.25) is 0 Å². The highest BCUT2D eigenvalue weighted by atomic mass is 16.6. The average Bonchev–Trinajstić information content (AvgIpc) is 4.04. The molecule has 8 nitrogen and oxygen atoms in total. The first-order chi connectivity index (χ1) is 30.0. The number of hydrogen-bond acceptors (Lipinski definition) is 8. The van der Waals surface area contributed by atoms with Crippen molar-refractivity contribution in [2.75, 3.05) is 52.9 Å². The van der Waals surface area contributed by atoms with Crippen LogP contribution in [-0.4, -0.2) is 77.3 Å².